The fourth-order valence-corrected chi connectivity index (χ4v) is 2.60. The van der Waals surface area contributed by atoms with Crippen LogP contribution in [0.5, 0.6) is 5.75 Å². The van der Waals surface area contributed by atoms with Crippen molar-refractivity contribution in [3.63, 3.8) is 0 Å². The Morgan fingerprint density at radius 2 is 1.95 bits per heavy atom. The summed E-state index contributed by atoms with van der Waals surface area (Å²) in [4.78, 5) is 12.3. The second kappa shape index (κ2) is 6.74. The summed E-state index contributed by atoms with van der Waals surface area (Å²) in [5.74, 6) is 0.320. The van der Waals surface area contributed by atoms with E-state index in [0.717, 1.165) is 15.6 Å². The molecule has 1 amide bonds. The second-order valence-corrected chi connectivity index (χ2v) is 5.59. The van der Waals surface area contributed by atoms with Crippen LogP contribution in [0.25, 0.3) is 0 Å². The number of anilines is 1. The number of aryl methyl sites for hydroxylation is 1. The largest absolute Gasteiger partial charge is 0.495 e. The van der Waals surface area contributed by atoms with Crippen LogP contribution in [0.1, 0.15) is 17.2 Å². The van der Waals surface area contributed by atoms with Crippen molar-refractivity contribution >= 4 is 27.5 Å². The van der Waals surface area contributed by atoms with E-state index in [9.17, 15) is 4.79 Å². The summed E-state index contributed by atoms with van der Waals surface area (Å²) in [6, 6.07) is 12.2. The van der Waals surface area contributed by atoms with Gasteiger partial charge in [-0.25, -0.2) is 0 Å². The Balaban J connectivity index is 2.24. The molecule has 0 aliphatic heterocycles. The molecule has 0 radical (unpaired) electrons. The lowest BCUT2D eigenvalue weighted by Crippen LogP contribution is -2.28. The molecule has 21 heavy (non-hydrogen) atoms. The molecule has 0 aliphatic rings. The van der Waals surface area contributed by atoms with Crippen molar-refractivity contribution in [3.8, 4) is 5.75 Å². The number of hydrogen-bond acceptors (Lipinski definition) is 3. The molecule has 0 spiro atoms. The summed E-state index contributed by atoms with van der Waals surface area (Å²) in [5, 5.41) is 2.85. The smallest absolute Gasteiger partial charge is 0.245 e. The van der Waals surface area contributed by atoms with Crippen LogP contribution in [0.4, 0.5) is 5.69 Å². The maximum absolute atomic E-state index is 12.3. The number of nitrogens with one attached hydrogen (secondary N) is 1. The third-order valence-electron chi connectivity index (χ3n) is 3.17. The highest BCUT2D eigenvalue weighted by Gasteiger charge is 2.18. The topological polar surface area (TPSA) is 64.3 Å². The number of carbonyl (C=O) groups excluding carboxylic acids is 1. The molecule has 3 N–H and O–H groups in total. The zero-order valence-electron chi connectivity index (χ0n) is 11.9. The first-order valence-electron chi connectivity index (χ1n) is 6.48. The van der Waals surface area contributed by atoms with Gasteiger partial charge in [0.05, 0.1) is 12.8 Å². The molecule has 0 aromatic heterocycles. The lowest BCUT2D eigenvalue weighted by Gasteiger charge is -2.17. The summed E-state index contributed by atoms with van der Waals surface area (Å²) >= 11 is 3.40. The number of rotatable bonds is 4. The molecular formula is C16H17BrN2O2. The first kappa shape index (κ1) is 15.5. The van der Waals surface area contributed by atoms with Gasteiger partial charge in [-0.15, -0.1) is 0 Å². The zero-order chi connectivity index (χ0) is 15.4. The molecule has 2 aromatic rings. The van der Waals surface area contributed by atoms with E-state index in [2.05, 4.69) is 21.2 Å². The molecule has 110 valence electrons. The first-order chi connectivity index (χ1) is 10.0. The Bertz CT molecular complexity index is 644. The van der Waals surface area contributed by atoms with E-state index < -0.39 is 6.04 Å². The molecule has 1 atom stereocenters. The van der Waals surface area contributed by atoms with Crippen molar-refractivity contribution in [3.05, 3.63) is 58.1 Å². The van der Waals surface area contributed by atoms with Crippen LogP contribution in [0, 0.1) is 6.92 Å². The molecule has 0 saturated carbocycles. The van der Waals surface area contributed by atoms with Gasteiger partial charge in [-0.05, 0) is 30.2 Å². The fourth-order valence-electron chi connectivity index (χ4n) is 2.05. The van der Waals surface area contributed by atoms with Gasteiger partial charge >= 0.3 is 0 Å². The van der Waals surface area contributed by atoms with Gasteiger partial charge in [0.1, 0.15) is 11.8 Å². The molecule has 0 heterocycles. The molecule has 0 unspecified atom stereocenters. The van der Waals surface area contributed by atoms with Crippen molar-refractivity contribution in [2.24, 2.45) is 5.73 Å². The van der Waals surface area contributed by atoms with E-state index in [1.165, 1.54) is 0 Å². The predicted molar refractivity (Wildman–Crippen MR) is 87.4 cm³/mol. The van der Waals surface area contributed by atoms with E-state index >= 15 is 0 Å². The minimum atomic E-state index is -0.723. The van der Waals surface area contributed by atoms with Crippen LogP contribution >= 0.6 is 15.9 Å². The van der Waals surface area contributed by atoms with Gasteiger partial charge in [0.25, 0.3) is 0 Å². The van der Waals surface area contributed by atoms with Gasteiger partial charge in [0, 0.05) is 4.47 Å². The number of halogens is 1. The van der Waals surface area contributed by atoms with Crippen molar-refractivity contribution in [1.82, 2.24) is 0 Å². The maximum Gasteiger partial charge on any atom is 0.245 e. The summed E-state index contributed by atoms with van der Waals surface area (Å²) < 4.78 is 6.20. The zero-order valence-corrected chi connectivity index (χ0v) is 13.5. The normalized spacial score (nSPS) is 11.8. The van der Waals surface area contributed by atoms with Crippen molar-refractivity contribution < 1.29 is 9.53 Å². The Kier molecular flexibility index (Phi) is 4.98. The standard InChI is InChI=1S/C16H17BrN2O2/c1-10-8-12(17)9-13(21-2)15(10)19-16(20)14(18)11-6-4-3-5-7-11/h3-9,14H,18H2,1-2H3,(H,19,20)/t14-/m1/s1. The van der Waals surface area contributed by atoms with E-state index in [4.69, 9.17) is 10.5 Å². The third-order valence-corrected chi connectivity index (χ3v) is 3.63. The Morgan fingerprint density at radius 1 is 1.29 bits per heavy atom. The number of hydrogen-bond donors (Lipinski definition) is 2. The molecule has 5 heteroatoms. The van der Waals surface area contributed by atoms with Crippen molar-refractivity contribution in [1.29, 1.82) is 0 Å². The summed E-state index contributed by atoms with van der Waals surface area (Å²) in [6.45, 7) is 1.90. The summed E-state index contributed by atoms with van der Waals surface area (Å²) in [7, 11) is 1.56. The van der Waals surface area contributed by atoms with Crippen LogP contribution < -0.4 is 15.8 Å². The summed E-state index contributed by atoms with van der Waals surface area (Å²) in [6.07, 6.45) is 0. The maximum atomic E-state index is 12.3. The van der Waals surface area contributed by atoms with Crippen LogP contribution in [0.15, 0.2) is 46.9 Å². The van der Waals surface area contributed by atoms with Crippen molar-refractivity contribution in [2.45, 2.75) is 13.0 Å². The molecular weight excluding hydrogens is 332 g/mol. The number of ether oxygens (including phenoxy) is 1. The number of nitrogens with two attached hydrogens (primary N) is 1. The van der Waals surface area contributed by atoms with Gasteiger partial charge in [-0.1, -0.05) is 46.3 Å². The van der Waals surface area contributed by atoms with Gasteiger partial charge in [-0.2, -0.15) is 0 Å². The second-order valence-electron chi connectivity index (χ2n) is 4.68. The minimum Gasteiger partial charge on any atom is -0.495 e. The highest BCUT2D eigenvalue weighted by atomic mass is 79.9. The third kappa shape index (κ3) is 3.62. The van der Waals surface area contributed by atoms with Gasteiger partial charge < -0.3 is 15.8 Å². The predicted octanol–water partition coefficient (Wildman–Crippen LogP) is 3.40. The molecule has 0 bridgehead atoms. The molecule has 2 aromatic carbocycles. The van der Waals surface area contributed by atoms with E-state index in [-0.39, 0.29) is 5.91 Å². The van der Waals surface area contributed by atoms with Crippen LogP contribution in [0.3, 0.4) is 0 Å². The lowest BCUT2D eigenvalue weighted by atomic mass is 10.1. The van der Waals surface area contributed by atoms with Crippen LogP contribution in [-0.2, 0) is 4.79 Å². The summed E-state index contributed by atoms with van der Waals surface area (Å²) in [5.41, 5.74) is 8.30. The minimum absolute atomic E-state index is 0.273. The average Bonchev–Trinajstić information content (AvgIpc) is 2.49. The number of amides is 1. The van der Waals surface area contributed by atoms with E-state index in [1.807, 2.05) is 43.3 Å². The van der Waals surface area contributed by atoms with E-state index in [0.29, 0.717) is 11.4 Å². The van der Waals surface area contributed by atoms with Crippen LogP contribution in [-0.4, -0.2) is 13.0 Å². The Morgan fingerprint density at radius 3 is 2.57 bits per heavy atom. The first-order valence-corrected chi connectivity index (χ1v) is 7.27. The molecule has 2 rings (SSSR count). The fraction of sp³-hybridized carbons (Fsp3) is 0.188. The van der Waals surface area contributed by atoms with E-state index in [1.54, 1.807) is 13.2 Å². The highest BCUT2D eigenvalue weighted by molar-refractivity contribution is 9.10. The van der Waals surface area contributed by atoms with Gasteiger partial charge in [0.2, 0.25) is 5.91 Å². The molecule has 0 aliphatic carbocycles. The lowest BCUT2D eigenvalue weighted by molar-refractivity contribution is -0.117. The monoisotopic (exact) mass is 348 g/mol. The molecule has 0 fully saturated rings. The Hall–Kier alpha value is -1.85. The van der Waals surface area contributed by atoms with Gasteiger partial charge in [-0.3, -0.25) is 4.79 Å². The number of carbonyl (C=O) groups is 1. The van der Waals surface area contributed by atoms with Crippen molar-refractivity contribution in [2.75, 3.05) is 12.4 Å². The SMILES string of the molecule is COc1cc(Br)cc(C)c1NC(=O)[C@H](N)c1ccccc1. The average molecular weight is 349 g/mol. The van der Waals surface area contributed by atoms with Gasteiger partial charge in [0.15, 0.2) is 0 Å². The van der Waals surface area contributed by atoms with Crippen LogP contribution in [0.2, 0.25) is 0 Å². The number of methoxy groups -OCH3 is 1. The molecule has 0 saturated heterocycles. The number of benzene rings is 2. The highest BCUT2D eigenvalue weighted by Crippen LogP contribution is 2.32. The molecule has 4 nitrogen and oxygen atoms in total. The quantitative estimate of drug-likeness (QED) is 0.889. The Labute approximate surface area is 132 Å².